The highest BCUT2D eigenvalue weighted by Gasteiger charge is 2.33. The predicted octanol–water partition coefficient (Wildman–Crippen LogP) is 2.20. The van der Waals surface area contributed by atoms with Gasteiger partial charge in [-0.15, -0.1) is 0 Å². The lowest BCUT2D eigenvalue weighted by Crippen LogP contribution is -2.48. The molecule has 1 N–H and O–H groups in total. The SMILES string of the molecule is C[C@@H]1CN(S(=O)(=O)c2ccc(NC(=O)[C@H]3Cc4ccccc4C(=O)O3)cc2)C[C@H](C)O1. The second-order valence-electron chi connectivity index (χ2n) is 7.85. The van der Waals surface area contributed by atoms with Gasteiger partial charge in [-0.1, -0.05) is 18.2 Å². The van der Waals surface area contributed by atoms with Gasteiger partial charge in [0.05, 0.1) is 22.7 Å². The van der Waals surface area contributed by atoms with Gasteiger partial charge in [0.2, 0.25) is 10.0 Å². The molecule has 2 aliphatic rings. The number of amides is 1. The summed E-state index contributed by atoms with van der Waals surface area (Å²) in [6.07, 6.45) is -1.02. The van der Waals surface area contributed by atoms with Crippen molar-refractivity contribution in [3.63, 3.8) is 0 Å². The number of morpholine rings is 1. The molecule has 0 spiro atoms. The van der Waals surface area contributed by atoms with Gasteiger partial charge in [0.25, 0.3) is 5.91 Å². The van der Waals surface area contributed by atoms with Gasteiger partial charge in [-0.3, -0.25) is 4.79 Å². The molecule has 2 aromatic carbocycles. The molecule has 8 nitrogen and oxygen atoms in total. The molecule has 2 aromatic rings. The molecular weight excluding hydrogens is 420 g/mol. The zero-order chi connectivity index (χ0) is 22.2. The van der Waals surface area contributed by atoms with Gasteiger partial charge in [-0.05, 0) is 49.7 Å². The Balaban J connectivity index is 1.44. The molecular formula is C22H24N2O6S. The zero-order valence-corrected chi connectivity index (χ0v) is 18.1. The van der Waals surface area contributed by atoms with E-state index >= 15 is 0 Å². The Morgan fingerprint density at radius 2 is 1.68 bits per heavy atom. The van der Waals surface area contributed by atoms with Crippen LogP contribution in [0, 0.1) is 0 Å². The van der Waals surface area contributed by atoms with E-state index in [4.69, 9.17) is 9.47 Å². The quantitative estimate of drug-likeness (QED) is 0.726. The number of esters is 1. The highest BCUT2D eigenvalue weighted by Crippen LogP contribution is 2.24. The summed E-state index contributed by atoms with van der Waals surface area (Å²) >= 11 is 0. The molecule has 0 saturated carbocycles. The van der Waals surface area contributed by atoms with E-state index in [1.165, 1.54) is 28.6 Å². The molecule has 1 saturated heterocycles. The van der Waals surface area contributed by atoms with Gasteiger partial charge in [-0.25, -0.2) is 13.2 Å². The summed E-state index contributed by atoms with van der Waals surface area (Å²) in [5.74, 6) is -0.994. The first kappa shape index (κ1) is 21.5. The molecule has 1 fully saturated rings. The molecule has 1 amide bonds. The van der Waals surface area contributed by atoms with Crippen LogP contribution in [0.4, 0.5) is 5.69 Å². The third-order valence-electron chi connectivity index (χ3n) is 5.33. The van der Waals surface area contributed by atoms with Crippen LogP contribution >= 0.6 is 0 Å². The molecule has 0 aromatic heterocycles. The number of carbonyl (C=O) groups is 2. The van der Waals surface area contributed by atoms with E-state index in [2.05, 4.69) is 5.32 Å². The number of benzene rings is 2. The number of fused-ring (bicyclic) bond motifs is 1. The molecule has 31 heavy (non-hydrogen) atoms. The van der Waals surface area contributed by atoms with E-state index in [1.54, 1.807) is 18.2 Å². The van der Waals surface area contributed by atoms with Crippen molar-refractivity contribution in [2.24, 2.45) is 0 Å². The summed E-state index contributed by atoms with van der Waals surface area (Å²) in [7, 11) is -3.66. The molecule has 0 bridgehead atoms. The lowest BCUT2D eigenvalue weighted by Gasteiger charge is -2.34. The largest absolute Gasteiger partial charge is 0.448 e. The second-order valence-corrected chi connectivity index (χ2v) is 9.79. The average molecular weight is 445 g/mol. The van der Waals surface area contributed by atoms with Gasteiger partial charge >= 0.3 is 5.97 Å². The summed E-state index contributed by atoms with van der Waals surface area (Å²) in [5.41, 5.74) is 1.64. The van der Waals surface area contributed by atoms with Crippen LogP contribution < -0.4 is 5.32 Å². The molecule has 9 heteroatoms. The number of nitrogens with zero attached hydrogens (tertiary/aromatic N) is 1. The van der Waals surface area contributed by atoms with Crippen molar-refractivity contribution in [2.75, 3.05) is 18.4 Å². The maximum atomic E-state index is 12.9. The minimum Gasteiger partial charge on any atom is -0.448 e. The first-order valence-corrected chi connectivity index (χ1v) is 11.5. The number of hydrogen-bond acceptors (Lipinski definition) is 6. The van der Waals surface area contributed by atoms with Gasteiger partial charge in [0, 0.05) is 25.2 Å². The van der Waals surface area contributed by atoms with Crippen LogP contribution in [0.2, 0.25) is 0 Å². The van der Waals surface area contributed by atoms with Gasteiger partial charge < -0.3 is 14.8 Å². The molecule has 0 aliphatic carbocycles. The third kappa shape index (κ3) is 4.48. The molecule has 0 radical (unpaired) electrons. The summed E-state index contributed by atoms with van der Waals surface area (Å²) < 4.78 is 38.2. The maximum Gasteiger partial charge on any atom is 0.339 e. The van der Waals surface area contributed by atoms with Gasteiger partial charge in [0.1, 0.15) is 0 Å². The van der Waals surface area contributed by atoms with Crippen LogP contribution in [0.15, 0.2) is 53.4 Å². The second kappa shape index (κ2) is 8.41. The standard InChI is InChI=1S/C22H24N2O6S/c1-14-12-24(13-15(2)29-14)31(27,28)18-9-7-17(8-10-18)23-21(25)20-11-16-5-3-4-6-19(16)22(26)30-20/h3-10,14-15,20H,11-13H2,1-2H3,(H,23,25)/t14-,15+,20-/m1/s1. The summed E-state index contributed by atoms with van der Waals surface area (Å²) in [6, 6.07) is 13.0. The van der Waals surface area contributed by atoms with E-state index in [-0.39, 0.29) is 23.5 Å². The first-order valence-electron chi connectivity index (χ1n) is 10.1. The Kier molecular flexibility index (Phi) is 5.83. The Labute approximate surface area is 181 Å². The van der Waals surface area contributed by atoms with Crippen molar-refractivity contribution in [1.82, 2.24) is 4.31 Å². The maximum absolute atomic E-state index is 12.9. The van der Waals surface area contributed by atoms with Crippen LogP contribution in [0.5, 0.6) is 0 Å². The van der Waals surface area contributed by atoms with Crippen LogP contribution in [0.1, 0.15) is 29.8 Å². The van der Waals surface area contributed by atoms with E-state index in [1.807, 2.05) is 19.9 Å². The van der Waals surface area contributed by atoms with E-state index in [9.17, 15) is 18.0 Å². The topological polar surface area (TPSA) is 102 Å². The Morgan fingerprint density at radius 3 is 2.35 bits per heavy atom. The normalized spacial score (nSPS) is 24.2. The molecule has 3 atom stereocenters. The predicted molar refractivity (Wildman–Crippen MR) is 113 cm³/mol. The minimum absolute atomic E-state index is 0.143. The summed E-state index contributed by atoms with van der Waals surface area (Å²) in [4.78, 5) is 24.9. The van der Waals surface area contributed by atoms with Crippen LogP contribution in [0.3, 0.4) is 0 Å². The average Bonchev–Trinajstić information content (AvgIpc) is 2.73. The first-order chi connectivity index (χ1) is 14.7. The van der Waals surface area contributed by atoms with Crippen LogP contribution in [-0.2, 0) is 30.7 Å². The number of rotatable bonds is 4. The molecule has 2 aliphatic heterocycles. The number of hydrogen-bond donors (Lipinski definition) is 1. The van der Waals surface area contributed by atoms with Crippen molar-refractivity contribution >= 4 is 27.6 Å². The number of sulfonamides is 1. The monoisotopic (exact) mass is 444 g/mol. The van der Waals surface area contributed by atoms with E-state index in [0.29, 0.717) is 24.3 Å². The summed E-state index contributed by atoms with van der Waals surface area (Å²) in [5, 5.41) is 2.69. The molecule has 164 valence electrons. The lowest BCUT2D eigenvalue weighted by molar-refractivity contribution is -0.125. The van der Waals surface area contributed by atoms with Crippen LogP contribution in [-0.4, -0.2) is 56.0 Å². The molecule has 0 unspecified atom stereocenters. The number of cyclic esters (lactones) is 1. The smallest absolute Gasteiger partial charge is 0.339 e. The van der Waals surface area contributed by atoms with Crippen LogP contribution in [0.25, 0.3) is 0 Å². The van der Waals surface area contributed by atoms with Crippen molar-refractivity contribution in [2.45, 2.75) is 43.5 Å². The number of nitrogens with one attached hydrogen (secondary N) is 1. The Bertz CT molecular complexity index is 1090. The fourth-order valence-electron chi connectivity index (χ4n) is 3.89. The fraction of sp³-hybridized carbons (Fsp3) is 0.364. The van der Waals surface area contributed by atoms with Gasteiger partial charge in [0.15, 0.2) is 6.10 Å². The highest BCUT2D eigenvalue weighted by atomic mass is 32.2. The Hall–Kier alpha value is -2.75. The number of ether oxygens (including phenoxy) is 2. The molecule has 2 heterocycles. The van der Waals surface area contributed by atoms with Crippen molar-refractivity contribution in [3.05, 3.63) is 59.7 Å². The van der Waals surface area contributed by atoms with Crippen molar-refractivity contribution < 1.29 is 27.5 Å². The zero-order valence-electron chi connectivity index (χ0n) is 17.3. The lowest BCUT2D eigenvalue weighted by atomic mass is 9.98. The van der Waals surface area contributed by atoms with E-state index < -0.39 is 28.0 Å². The minimum atomic E-state index is -3.66. The van der Waals surface area contributed by atoms with E-state index in [0.717, 1.165) is 5.56 Å². The number of carbonyl (C=O) groups excluding carboxylic acids is 2. The fourth-order valence-corrected chi connectivity index (χ4v) is 5.48. The third-order valence-corrected chi connectivity index (χ3v) is 7.18. The number of anilines is 1. The van der Waals surface area contributed by atoms with Gasteiger partial charge in [-0.2, -0.15) is 4.31 Å². The molecule has 4 rings (SSSR count). The summed E-state index contributed by atoms with van der Waals surface area (Å²) in [6.45, 7) is 4.26. The Morgan fingerprint density at radius 1 is 1.03 bits per heavy atom. The van der Waals surface area contributed by atoms with Crippen molar-refractivity contribution in [3.8, 4) is 0 Å². The highest BCUT2D eigenvalue weighted by molar-refractivity contribution is 7.89. The van der Waals surface area contributed by atoms with Crippen molar-refractivity contribution in [1.29, 1.82) is 0 Å².